The highest BCUT2D eigenvalue weighted by molar-refractivity contribution is 5.53. The third kappa shape index (κ3) is 3.69. The summed E-state index contributed by atoms with van der Waals surface area (Å²) < 4.78 is 16.4. The maximum Gasteiger partial charge on any atom is 0.254 e. The third-order valence-electron chi connectivity index (χ3n) is 3.50. The van der Waals surface area contributed by atoms with Crippen molar-refractivity contribution in [3.05, 3.63) is 60.0 Å². The molecule has 0 atom stereocenters. The molecule has 0 fully saturated rings. The molecule has 0 aliphatic carbocycles. The number of ether oxygens (including phenoxy) is 2. The van der Waals surface area contributed by atoms with E-state index in [-0.39, 0.29) is 6.61 Å². The molecule has 5 heteroatoms. The molecular weight excluding hydrogens is 292 g/mol. The summed E-state index contributed by atoms with van der Waals surface area (Å²) in [6, 6.07) is 15.4. The lowest BCUT2D eigenvalue weighted by atomic mass is 10.2. The summed E-state index contributed by atoms with van der Waals surface area (Å²) in [6.07, 6.45) is 1.01. The quantitative estimate of drug-likeness (QED) is 0.691. The second-order valence-electron chi connectivity index (χ2n) is 5.02. The smallest absolute Gasteiger partial charge is 0.254 e. The summed E-state index contributed by atoms with van der Waals surface area (Å²) in [5.41, 5.74) is 2.12. The topological polar surface area (TPSA) is 57.4 Å². The van der Waals surface area contributed by atoms with Crippen LogP contribution in [0.4, 0.5) is 0 Å². The predicted octanol–water partition coefficient (Wildman–Crippen LogP) is 3.89. The molecule has 3 rings (SSSR count). The van der Waals surface area contributed by atoms with Crippen molar-refractivity contribution in [1.29, 1.82) is 0 Å². The average molecular weight is 310 g/mol. The Bertz CT molecular complexity index is 749. The molecular formula is C18H18N2O3. The normalized spacial score (nSPS) is 10.5. The summed E-state index contributed by atoms with van der Waals surface area (Å²) in [4.78, 5) is 0. The molecule has 0 unspecified atom stereocenters. The van der Waals surface area contributed by atoms with Crippen molar-refractivity contribution in [2.75, 3.05) is 7.11 Å². The van der Waals surface area contributed by atoms with E-state index in [0.29, 0.717) is 11.8 Å². The zero-order valence-corrected chi connectivity index (χ0v) is 13.2. The van der Waals surface area contributed by atoms with Gasteiger partial charge in [-0.15, -0.1) is 10.2 Å². The highest BCUT2D eigenvalue weighted by atomic mass is 16.5. The van der Waals surface area contributed by atoms with Crippen molar-refractivity contribution >= 4 is 0 Å². The molecule has 0 radical (unpaired) electrons. The molecule has 0 spiro atoms. The van der Waals surface area contributed by atoms with Crippen LogP contribution in [0.3, 0.4) is 0 Å². The lowest BCUT2D eigenvalue weighted by molar-refractivity contribution is 0.264. The van der Waals surface area contributed by atoms with Gasteiger partial charge in [0.25, 0.3) is 5.89 Å². The highest BCUT2D eigenvalue weighted by Crippen LogP contribution is 2.21. The Hall–Kier alpha value is -2.82. The number of hydrogen-bond acceptors (Lipinski definition) is 5. The maximum atomic E-state index is 5.66. The summed E-state index contributed by atoms with van der Waals surface area (Å²) >= 11 is 0. The van der Waals surface area contributed by atoms with Crippen molar-refractivity contribution in [3.63, 3.8) is 0 Å². The van der Waals surface area contributed by atoms with Crippen LogP contribution in [-0.4, -0.2) is 17.3 Å². The minimum atomic E-state index is 0.245. The van der Waals surface area contributed by atoms with Gasteiger partial charge >= 0.3 is 0 Å². The third-order valence-corrected chi connectivity index (χ3v) is 3.50. The van der Waals surface area contributed by atoms with Crippen molar-refractivity contribution < 1.29 is 13.9 Å². The number of aryl methyl sites for hydroxylation is 1. The van der Waals surface area contributed by atoms with Gasteiger partial charge in [-0.1, -0.05) is 19.1 Å². The Morgan fingerprint density at radius 2 is 1.61 bits per heavy atom. The predicted molar refractivity (Wildman–Crippen MR) is 86.4 cm³/mol. The molecule has 0 N–H and O–H groups in total. The number of benzene rings is 2. The van der Waals surface area contributed by atoms with E-state index >= 15 is 0 Å². The molecule has 23 heavy (non-hydrogen) atoms. The van der Waals surface area contributed by atoms with E-state index in [2.05, 4.69) is 17.1 Å². The second kappa shape index (κ2) is 6.96. The lowest BCUT2D eigenvalue weighted by Crippen LogP contribution is -1.95. The van der Waals surface area contributed by atoms with Crippen LogP contribution in [0.1, 0.15) is 18.4 Å². The second-order valence-corrected chi connectivity index (χ2v) is 5.02. The SMILES string of the molecule is CCc1ccc(OCc2nnc(-c3ccc(OC)cc3)o2)cc1. The highest BCUT2D eigenvalue weighted by Gasteiger charge is 2.09. The lowest BCUT2D eigenvalue weighted by Gasteiger charge is -2.04. The maximum absolute atomic E-state index is 5.66. The number of aromatic nitrogens is 2. The zero-order chi connectivity index (χ0) is 16.1. The first kappa shape index (κ1) is 15.1. The first-order valence-corrected chi connectivity index (χ1v) is 7.47. The van der Waals surface area contributed by atoms with Gasteiger partial charge in [-0.3, -0.25) is 0 Å². The first-order valence-electron chi connectivity index (χ1n) is 7.47. The molecule has 3 aromatic rings. The number of rotatable bonds is 6. The fraction of sp³-hybridized carbons (Fsp3) is 0.222. The van der Waals surface area contributed by atoms with Crippen LogP contribution in [0.15, 0.2) is 52.9 Å². The van der Waals surface area contributed by atoms with Gasteiger partial charge in [-0.2, -0.15) is 0 Å². The molecule has 0 amide bonds. The van der Waals surface area contributed by atoms with Crippen LogP contribution in [0.25, 0.3) is 11.5 Å². The minimum absolute atomic E-state index is 0.245. The van der Waals surface area contributed by atoms with Crippen LogP contribution in [-0.2, 0) is 13.0 Å². The molecule has 118 valence electrons. The average Bonchev–Trinajstić information content (AvgIpc) is 3.09. The Labute approximate surface area is 134 Å². The van der Waals surface area contributed by atoms with Gasteiger partial charge in [0, 0.05) is 5.56 Å². The van der Waals surface area contributed by atoms with Gasteiger partial charge < -0.3 is 13.9 Å². The Morgan fingerprint density at radius 3 is 2.26 bits per heavy atom. The molecule has 0 aliphatic rings. The van der Waals surface area contributed by atoms with E-state index < -0.39 is 0 Å². The summed E-state index contributed by atoms with van der Waals surface area (Å²) in [7, 11) is 1.63. The van der Waals surface area contributed by atoms with Crippen molar-refractivity contribution in [1.82, 2.24) is 10.2 Å². The van der Waals surface area contributed by atoms with Crippen molar-refractivity contribution in [3.8, 4) is 23.0 Å². The van der Waals surface area contributed by atoms with E-state index in [1.165, 1.54) is 5.56 Å². The number of nitrogens with zero attached hydrogens (tertiary/aromatic N) is 2. The van der Waals surface area contributed by atoms with Crippen LogP contribution >= 0.6 is 0 Å². The van der Waals surface area contributed by atoms with E-state index in [0.717, 1.165) is 23.5 Å². The molecule has 5 nitrogen and oxygen atoms in total. The van der Waals surface area contributed by atoms with Gasteiger partial charge in [-0.05, 0) is 48.4 Å². The van der Waals surface area contributed by atoms with E-state index in [1.807, 2.05) is 48.5 Å². The molecule has 0 bridgehead atoms. The monoisotopic (exact) mass is 310 g/mol. The molecule has 0 saturated carbocycles. The fourth-order valence-corrected chi connectivity index (χ4v) is 2.13. The van der Waals surface area contributed by atoms with Gasteiger partial charge in [0.1, 0.15) is 11.5 Å². The van der Waals surface area contributed by atoms with Gasteiger partial charge in [0.05, 0.1) is 7.11 Å². The number of hydrogen-bond donors (Lipinski definition) is 0. The zero-order valence-electron chi connectivity index (χ0n) is 13.2. The van der Waals surface area contributed by atoms with Crippen molar-refractivity contribution in [2.45, 2.75) is 20.0 Å². The summed E-state index contributed by atoms with van der Waals surface area (Å²) in [6.45, 7) is 2.36. The largest absolute Gasteiger partial charge is 0.497 e. The minimum Gasteiger partial charge on any atom is -0.497 e. The molecule has 0 aliphatic heterocycles. The Morgan fingerprint density at radius 1 is 0.913 bits per heavy atom. The molecule has 0 saturated heterocycles. The van der Waals surface area contributed by atoms with Crippen LogP contribution < -0.4 is 9.47 Å². The van der Waals surface area contributed by atoms with Crippen molar-refractivity contribution in [2.24, 2.45) is 0 Å². The fourth-order valence-electron chi connectivity index (χ4n) is 2.13. The summed E-state index contributed by atoms with van der Waals surface area (Å²) in [5.74, 6) is 2.47. The molecule has 1 heterocycles. The molecule has 1 aromatic heterocycles. The first-order chi connectivity index (χ1) is 11.3. The van der Waals surface area contributed by atoms with Gasteiger partial charge in [0.15, 0.2) is 6.61 Å². The number of methoxy groups -OCH3 is 1. The summed E-state index contributed by atoms with van der Waals surface area (Å²) in [5, 5.41) is 8.06. The Balaban J connectivity index is 1.64. The Kier molecular flexibility index (Phi) is 4.57. The van der Waals surface area contributed by atoms with Crippen LogP contribution in [0.5, 0.6) is 11.5 Å². The standard InChI is InChI=1S/C18H18N2O3/c1-3-13-4-8-16(9-5-13)22-12-17-19-20-18(23-17)14-6-10-15(21-2)11-7-14/h4-11H,3,12H2,1-2H3. The van der Waals surface area contributed by atoms with Gasteiger partial charge in [0.2, 0.25) is 5.89 Å². The van der Waals surface area contributed by atoms with E-state index in [9.17, 15) is 0 Å². The molecule has 2 aromatic carbocycles. The van der Waals surface area contributed by atoms with E-state index in [4.69, 9.17) is 13.9 Å². The van der Waals surface area contributed by atoms with Crippen LogP contribution in [0.2, 0.25) is 0 Å². The van der Waals surface area contributed by atoms with E-state index in [1.54, 1.807) is 7.11 Å². The van der Waals surface area contributed by atoms with Gasteiger partial charge in [-0.25, -0.2) is 0 Å². The van der Waals surface area contributed by atoms with Crippen LogP contribution in [0, 0.1) is 0 Å².